The van der Waals surface area contributed by atoms with Crippen LogP contribution in [-0.2, 0) is 4.79 Å². The monoisotopic (exact) mass is 227 g/mol. The summed E-state index contributed by atoms with van der Waals surface area (Å²) in [5.74, 6) is 0. The van der Waals surface area contributed by atoms with Crippen molar-refractivity contribution >= 4 is 22.2 Å². The Labute approximate surface area is 80.4 Å². The first kappa shape index (κ1) is 9.47. The van der Waals surface area contributed by atoms with Gasteiger partial charge < -0.3 is 4.79 Å². The van der Waals surface area contributed by atoms with Crippen LogP contribution in [0.3, 0.4) is 0 Å². The third kappa shape index (κ3) is 1.59. The minimum absolute atomic E-state index is 0.379. The molecule has 0 aromatic heterocycles. The van der Waals surface area contributed by atoms with E-state index >= 15 is 0 Å². The molecule has 1 rings (SSSR count). The summed E-state index contributed by atoms with van der Waals surface area (Å²) < 4.78 is 0.959. The zero-order chi connectivity index (χ0) is 9.03. The van der Waals surface area contributed by atoms with E-state index in [1.54, 1.807) is 0 Å². The lowest BCUT2D eigenvalue weighted by Gasteiger charge is -2.21. The van der Waals surface area contributed by atoms with Gasteiger partial charge in [-0.2, -0.15) is 5.26 Å². The van der Waals surface area contributed by atoms with Crippen LogP contribution >= 0.6 is 15.9 Å². The fourth-order valence-electron chi connectivity index (χ4n) is 1.48. The molecule has 3 heteroatoms. The first-order chi connectivity index (χ1) is 5.75. The molecule has 1 unspecified atom stereocenters. The minimum atomic E-state index is -0.379. The van der Waals surface area contributed by atoms with Crippen LogP contribution in [0.2, 0.25) is 0 Å². The molecule has 0 aromatic carbocycles. The van der Waals surface area contributed by atoms with E-state index in [2.05, 4.69) is 22.0 Å². The molecule has 64 valence electrons. The highest BCUT2D eigenvalue weighted by Crippen LogP contribution is 2.44. The maximum atomic E-state index is 10.9. The summed E-state index contributed by atoms with van der Waals surface area (Å²) in [7, 11) is 0. The number of aldehydes is 1. The van der Waals surface area contributed by atoms with Crippen molar-refractivity contribution in [1.82, 2.24) is 0 Å². The summed E-state index contributed by atoms with van der Waals surface area (Å²) in [5, 5.41) is 8.42. The second kappa shape index (κ2) is 3.86. The van der Waals surface area contributed by atoms with Crippen molar-refractivity contribution < 1.29 is 4.79 Å². The van der Waals surface area contributed by atoms with Crippen molar-refractivity contribution in [1.29, 1.82) is 5.26 Å². The van der Waals surface area contributed by atoms with E-state index in [1.165, 1.54) is 0 Å². The summed E-state index contributed by atoms with van der Waals surface area (Å²) in [6.45, 7) is 0. The van der Waals surface area contributed by atoms with Gasteiger partial charge in [-0.1, -0.05) is 22.0 Å². The molecule has 12 heavy (non-hydrogen) atoms. The second-order valence-electron chi connectivity index (χ2n) is 3.02. The van der Waals surface area contributed by atoms with Crippen molar-refractivity contribution in [3.63, 3.8) is 0 Å². The highest BCUT2D eigenvalue weighted by atomic mass is 79.9. The first-order valence-corrected chi connectivity index (χ1v) is 4.74. The summed E-state index contributed by atoms with van der Waals surface area (Å²) in [5.41, 5.74) is -0.379. The zero-order valence-corrected chi connectivity index (χ0v) is 8.30. The predicted molar refractivity (Wildman–Crippen MR) is 49.6 cm³/mol. The van der Waals surface area contributed by atoms with Crippen LogP contribution in [0.1, 0.15) is 25.7 Å². The Balaban J connectivity index is 2.71. The number of hydrogen-bond acceptors (Lipinski definition) is 2. The van der Waals surface area contributed by atoms with E-state index in [-0.39, 0.29) is 5.41 Å². The molecule has 0 fully saturated rings. The molecule has 0 aromatic rings. The van der Waals surface area contributed by atoms with Crippen LogP contribution < -0.4 is 0 Å². The fraction of sp³-hybridized carbons (Fsp3) is 0.556. The molecule has 0 heterocycles. The van der Waals surface area contributed by atoms with E-state index in [9.17, 15) is 4.79 Å². The van der Waals surface area contributed by atoms with Crippen LogP contribution in [0, 0.1) is 16.7 Å². The topological polar surface area (TPSA) is 40.9 Å². The van der Waals surface area contributed by atoms with Gasteiger partial charge in [0.25, 0.3) is 0 Å². The number of rotatable bonds is 3. The molecule has 0 saturated heterocycles. The molecule has 0 bridgehead atoms. The molecule has 0 N–H and O–H groups in total. The average molecular weight is 228 g/mol. The van der Waals surface area contributed by atoms with Gasteiger partial charge in [0.2, 0.25) is 0 Å². The molecule has 1 atom stereocenters. The molecular weight excluding hydrogens is 218 g/mol. The second-order valence-corrected chi connectivity index (χ2v) is 3.88. The Morgan fingerprint density at radius 3 is 3.00 bits per heavy atom. The molecular formula is C9H10BrNO. The van der Waals surface area contributed by atoms with Crippen molar-refractivity contribution in [2.45, 2.75) is 25.7 Å². The van der Waals surface area contributed by atoms with Crippen LogP contribution in [0.25, 0.3) is 0 Å². The first-order valence-electron chi connectivity index (χ1n) is 3.94. The van der Waals surface area contributed by atoms with Crippen molar-refractivity contribution in [3.05, 3.63) is 10.6 Å². The van der Waals surface area contributed by atoms with Crippen LogP contribution in [-0.4, -0.2) is 6.29 Å². The molecule has 2 nitrogen and oxygen atoms in total. The van der Waals surface area contributed by atoms with Gasteiger partial charge in [0.05, 0.1) is 11.5 Å². The van der Waals surface area contributed by atoms with Crippen LogP contribution in [0.15, 0.2) is 10.6 Å². The van der Waals surface area contributed by atoms with Gasteiger partial charge in [-0.3, -0.25) is 0 Å². The number of carbonyl (C=O) groups excluding carboxylic acids is 1. The number of allylic oxidation sites excluding steroid dienone is 2. The standard InChI is InChI=1S/C9H10BrNO/c10-8-3-1-4-9(8,7-12)5-2-6-11/h3,7H,1-2,4-5H2. The van der Waals surface area contributed by atoms with E-state index in [4.69, 9.17) is 5.26 Å². The molecule has 0 saturated carbocycles. The lowest BCUT2D eigenvalue weighted by molar-refractivity contribution is -0.114. The quantitative estimate of drug-likeness (QED) is 0.696. The average Bonchev–Trinajstić information content (AvgIpc) is 2.45. The molecule has 1 aliphatic carbocycles. The SMILES string of the molecule is N#CCCC1(C=O)CCC=C1Br. The summed E-state index contributed by atoms with van der Waals surface area (Å²) in [6, 6.07) is 2.07. The van der Waals surface area contributed by atoms with E-state index < -0.39 is 0 Å². The molecule has 0 aliphatic heterocycles. The van der Waals surface area contributed by atoms with Crippen molar-refractivity contribution in [3.8, 4) is 6.07 Å². The molecule has 1 aliphatic rings. The highest BCUT2D eigenvalue weighted by Gasteiger charge is 2.35. The Hall–Kier alpha value is -0.620. The van der Waals surface area contributed by atoms with E-state index in [0.29, 0.717) is 12.8 Å². The third-order valence-corrected chi connectivity index (χ3v) is 3.41. The normalized spacial score (nSPS) is 27.8. The van der Waals surface area contributed by atoms with E-state index in [0.717, 1.165) is 23.6 Å². The van der Waals surface area contributed by atoms with Gasteiger partial charge in [-0.15, -0.1) is 0 Å². The molecule has 0 amide bonds. The fourth-order valence-corrected chi connectivity index (χ4v) is 2.20. The van der Waals surface area contributed by atoms with Gasteiger partial charge in [-0.25, -0.2) is 0 Å². The van der Waals surface area contributed by atoms with Gasteiger partial charge in [-0.05, 0) is 19.3 Å². The number of halogens is 1. The van der Waals surface area contributed by atoms with Crippen molar-refractivity contribution in [2.75, 3.05) is 0 Å². The maximum Gasteiger partial charge on any atom is 0.131 e. The molecule has 0 radical (unpaired) electrons. The number of carbonyl (C=O) groups is 1. The van der Waals surface area contributed by atoms with Crippen LogP contribution in [0.5, 0.6) is 0 Å². The van der Waals surface area contributed by atoms with Gasteiger partial charge in [0, 0.05) is 10.9 Å². The van der Waals surface area contributed by atoms with Gasteiger partial charge in [0.1, 0.15) is 6.29 Å². The highest BCUT2D eigenvalue weighted by molar-refractivity contribution is 9.11. The van der Waals surface area contributed by atoms with Gasteiger partial charge >= 0.3 is 0 Å². The predicted octanol–water partition coefficient (Wildman–Crippen LogP) is 2.55. The smallest absolute Gasteiger partial charge is 0.131 e. The van der Waals surface area contributed by atoms with Crippen LogP contribution in [0.4, 0.5) is 0 Å². The summed E-state index contributed by atoms with van der Waals surface area (Å²) in [4.78, 5) is 10.9. The Kier molecular flexibility index (Phi) is 3.05. The van der Waals surface area contributed by atoms with Gasteiger partial charge in [0.15, 0.2) is 0 Å². The van der Waals surface area contributed by atoms with Crippen molar-refractivity contribution in [2.24, 2.45) is 5.41 Å². The number of nitrogens with zero attached hydrogens (tertiary/aromatic N) is 1. The maximum absolute atomic E-state index is 10.9. The minimum Gasteiger partial charge on any atom is -0.302 e. The Morgan fingerprint density at radius 1 is 1.83 bits per heavy atom. The number of nitriles is 1. The summed E-state index contributed by atoms with van der Waals surface area (Å²) >= 11 is 3.37. The zero-order valence-electron chi connectivity index (χ0n) is 6.72. The lowest BCUT2D eigenvalue weighted by Crippen LogP contribution is -2.19. The molecule has 0 spiro atoms. The lowest BCUT2D eigenvalue weighted by atomic mass is 9.84. The largest absolute Gasteiger partial charge is 0.302 e. The Bertz CT molecular complexity index is 254. The third-order valence-electron chi connectivity index (χ3n) is 2.30. The number of hydrogen-bond donors (Lipinski definition) is 0. The summed E-state index contributed by atoms with van der Waals surface area (Å²) in [6.07, 6.45) is 5.86. The van der Waals surface area contributed by atoms with E-state index in [1.807, 2.05) is 6.08 Å². The Morgan fingerprint density at radius 2 is 2.58 bits per heavy atom.